The molecule has 1 aromatic rings. The summed E-state index contributed by atoms with van der Waals surface area (Å²) >= 11 is 6.05. The quantitative estimate of drug-likeness (QED) is 0.838. The zero-order chi connectivity index (χ0) is 18.0. The topological polar surface area (TPSA) is 75.9 Å². The van der Waals surface area contributed by atoms with Gasteiger partial charge in [-0.2, -0.15) is 0 Å². The fourth-order valence-corrected chi connectivity index (χ4v) is 3.88. The summed E-state index contributed by atoms with van der Waals surface area (Å²) in [6.07, 6.45) is 2.45. The van der Waals surface area contributed by atoms with Gasteiger partial charge in [-0.25, -0.2) is 0 Å². The van der Waals surface area contributed by atoms with E-state index in [1.807, 2.05) is 4.90 Å². The molecule has 2 fully saturated rings. The van der Waals surface area contributed by atoms with Crippen LogP contribution >= 0.6 is 24.0 Å². The first-order valence-corrected chi connectivity index (χ1v) is 9.06. The number of methoxy groups -OCH3 is 1. The molecule has 2 saturated heterocycles. The highest BCUT2D eigenvalue weighted by molar-refractivity contribution is 6.31. The SMILES string of the molecule is COc1ccc(Cl)cc1C(=O)N1CCCC1C(=O)N1CCC(CN)C1.Cl. The van der Waals surface area contributed by atoms with Crippen molar-refractivity contribution in [1.82, 2.24) is 9.80 Å². The molecule has 0 spiro atoms. The molecule has 144 valence electrons. The number of amides is 2. The lowest BCUT2D eigenvalue weighted by Crippen LogP contribution is -2.47. The Kier molecular flexibility index (Phi) is 7.15. The number of halogens is 2. The summed E-state index contributed by atoms with van der Waals surface area (Å²) in [6.45, 7) is 2.57. The number of nitrogens with zero attached hydrogens (tertiary/aromatic N) is 2. The second-order valence-corrected chi connectivity index (χ2v) is 7.11. The molecule has 6 nitrogen and oxygen atoms in total. The van der Waals surface area contributed by atoms with Gasteiger partial charge in [0.15, 0.2) is 0 Å². The Morgan fingerprint density at radius 1 is 1.31 bits per heavy atom. The first kappa shape index (κ1) is 20.8. The van der Waals surface area contributed by atoms with E-state index in [-0.39, 0.29) is 24.2 Å². The molecule has 2 N–H and O–H groups in total. The number of carbonyl (C=O) groups excluding carboxylic acids is 2. The van der Waals surface area contributed by atoms with Crippen LogP contribution in [0.15, 0.2) is 18.2 Å². The maximum absolute atomic E-state index is 13.0. The van der Waals surface area contributed by atoms with Crippen LogP contribution in [-0.4, -0.2) is 60.9 Å². The Morgan fingerprint density at radius 2 is 2.08 bits per heavy atom. The monoisotopic (exact) mass is 401 g/mol. The minimum Gasteiger partial charge on any atom is -0.496 e. The highest BCUT2D eigenvalue weighted by atomic mass is 35.5. The summed E-state index contributed by atoms with van der Waals surface area (Å²) in [6, 6.07) is 4.55. The maximum Gasteiger partial charge on any atom is 0.258 e. The van der Waals surface area contributed by atoms with Crippen LogP contribution in [0.1, 0.15) is 29.6 Å². The number of rotatable bonds is 4. The number of benzene rings is 1. The number of hydrogen-bond donors (Lipinski definition) is 1. The molecule has 2 aliphatic rings. The van der Waals surface area contributed by atoms with Crippen molar-refractivity contribution in [2.45, 2.75) is 25.3 Å². The molecular weight excluding hydrogens is 377 g/mol. The highest BCUT2D eigenvalue weighted by Gasteiger charge is 2.39. The van der Waals surface area contributed by atoms with Crippen LogP contribution in [0.3, 0.4) is 0 Å². The van der Waals surface area contributed by atoms with E-state index in [4.69, 9.17) is 22.1 Å². The van der Waals surface area contributed by atoms with E-state index in [1.54, 1.807) is 23.1 Å². The van der Waals surface area contributed by atoms with Gasteiger partial charge in [0.25, 0.3) is 5.91 Å². The van der Waals surface area contributed by atoms with Gasteiger partial charge >= 0.3 is 0 Å². The van der Waals surface area contributed by atoms with E-state index in [1.165, 1.54) is 7.11 Å². The Bertz CT molecular complexity index is 671. The van der Waals surface area contributed by atoms with Crippen LogP contribution in [0, 0.1) is 5.92 Å². The number of likely N-dealkylation sites (tertiary alicyclic amines) is 2. The zero-order valence-electron chi connectivity index (χ0n) is 14.8. The fraction of sp³-hybridized carbons (Fsp3) is 0.556. The molecule has 8 heteroatoms. The second kappa shape index (κ2) is 8.93. The largest absolute Gasteiger partial charge is 0.496 e. The number of nitrogens with two attached hydrogens (primary N) is 1. The van der Waals surface area contributed by atoms with E-state index in [2.05, 4.69) is 0 Å². The molecule has 3 rings (SSSR count). The van der Waals surface area contributed by atoms with Gasteiger partial charge in [-0.15, -0.1) is 12.4 Å². The van der Waals surface area contributed by atoms with Crippen LogP contribution in [0.5, 0.6) is 5.75 Å². The standard InChI is InChI=1S/C18H24ClN3O3.ClH/c1-25-16-5-4-13(19)9-14(16)17(23)22-7-2-3-15(22)18(24)21-8-6-12(10-20)11-21;/h4-5,9,12,15H,2-3,6-8,10-11,20H2,1H3;1H. The lowest BCUT2D eigenvalue weighted by atomic mass is 10.1. The Labute approximate surface area is 165 Å². The molecule has 0 aromatic heterocycles. The Hall–Kier alpha value is -1.50. The molecule has 26 heavy (non-hydrogen) atoms. The predicted octanol–water partition coefficient (Wildman–Crippen LogP) is 2.18. The molecule has 2 heterocycles. The van der Waals surface area contributed by atoms with E-state index >= 15 is 0 Å². The molecule has 0 aliphatic carbocycles. The minimum absolute atomic E-state index is 0. The molecule has 2 atom stereocenters. The van der Waals surface area contributed by atoms with Crippen molar-refractivity contribution in [3.8, 4) is 5.75 Å². The van der Waals surface area contributed by atoms with Gasteiger partial charge in [0.05, 0.1) is 12.7 Å². The van der Waals surface area contributed by atoms with Gasteiger partial charge in [-0.1, -0.05) is 11.6 Å². The van der Waals surface area contributed by atoms with E-state index in [9.17, 15) is 9.59 Å². The van der Waals surface area contributed by atoms with Crippen molar-refractivity contribution in [2.75, 3.05) is 33.3 Å². The third-order valence-corrected chi connectivity index (χ3v) is 5.36. The molecule has 2 aliphatic heterocycles. The van der Waals surface area contributed by atoms with Crippen LogP contribution in [0.2, 0.25) is 5.02 Å². The summed E-state index contributed by atoms with van der Waals surface area (Å²) < 4.78 is 5.29. The summed E-state index contributed by atoms with van der Waals surface area (Å²) in [4.78, 5) is 29.4. The number of hydrogen-bond acceptors (Lipinski definition) is 4. The molecule has 1 aromatic carbocycles. The summed E-state index contributed by atoms with van der Waals surface area (Å²) in [5, 5.41) is 0.469. The first-order valence-electron chi connectivity index (χ1n) is 8.68. The van der Waals surface area contributed by atoms with Gasteiger partial charge in [-0.3, -0.25) is 9.59 Å². The first-order chi connectivity index (χ1) is 12.0. The number of ether oxygens (including phenoxy) is 1. The molecule has 2 unspecified atom stereocenters. The van der Waals surface area contributed by atoms with Gasteiger partial charge in [0.2, 0.25) is 5.91 Å². The molecule has 0 radical (unpaired) electrons. The summed E-state index contributed by atoms with van der Waals surface area (Å²) in [5.74, 6) is 0.659. The Balaban J connectivity index is 0.00000243. The van der Waals surface area contributed by atoms with Crippen molar-refractivity contribution in [2.24, 2.45) is 11.7 Å². The Morgan fingerprint density at radius 3 is 2.73 bits per heavy atom. The van der Waals surface area contributed by atoms with Crippen molar-refractivity contribution in [3.05, 3.63) is 28.8 Å². The summed E-state index contributed by atoms with van der Waals surface area (Å²) in [7, 11) is 1.52. The second-order valence-electron chi connectivity index (χ2n) is 6.68. The van der Waals surface area contributed by atoms with Crippen LogP contribution in [0.25, 0.3) is 0 Å². The van der Waals surface area contributed by atoms with Crippen LogP contribution in [0.4, 0.5) is 0 Å². The fourth-order valence-electron chi connectivity index (χ4n) is 3.70. The molecule has 2 amide bonds. The van der Waals surface area contributed by atoms with Crippen molar-refractivity contribution in [1.29, 1.82) is 0 Å². The van der Waals surface area contributed by atoms with Crippen molar-refractivity contribution >= 4 is 35.8 Å². The number of carbonyl (C=O) groups is 2. The zero-order valence-corrected chi connectivity index (χ0v) is 16.4. The third kappa shape index (κ3) is 4.08. The third-order valence-electron chi connectivity index (χ3n) is 5.12. The van der Waals surface area contributed by atoms with Crippen LogP contribution in [-0.2, 0) is 4.79 Å². The van der Waals surface area contributed by atoms with Gasteiger partial charge in [-0.05, 0) is 49.9 Å². The van der Waals surface area contributed by atoms with Crippen LogP contribution < -0.4 is 10.5 Å². The van der Waals surface area contributed by atoms with E-state index in [0.717, 1.165) is 19.4 Å². The van der Waals surface area contributed by atoms with Gasteiger partial charge in [0, 0.05) is 24.7 Å². The van der Waals surface area contributed by atoms with E-state index in [0.29, 0.717) is 48.3 Å². The maximum atomic E-state index is 13.0. The van der Waals surface area contributed by atoms with Crippen molar-refractivity contribution < 1.29 is 14.3 Å². The average molecular weight is 402 g/mol. The lowest BCUT2D eigenvalue weighted by molar-refractivity contribution is -0.134. The molecule has 0 saturated carbocycles. The molecular formula is C18H25Cl2N3O3. The van der Waals surface area contributed by atoms with Crippen molar-refractivity contribution in [3.63, 3.8) is 0 Å². The van der Waals surface area contributed by atoms with Gasteiger partial charge in [0.1, 0.15) is 11.8 Å². The summed E-state index contributed by atoms with van der Waals surface area (Å²) in [5.41, 5.74) is 6.12. The van der Waals surface area contributed by atoms with E-state index < -0.39 is 6.04 Å². The highest BCUT2D eigenvalue weighted by Crippen LogP contribution is 2.29. The lowest BCUT2D eigenvalue weighted by Gasteiger charge is -2.28. The minimum atomic E-state index is -0.410. The smallest absolute Gasteiger partial charge is 0.258 e. The normalized spacial score (nSPS) is 22.3. The molecule has 0 bridgehead atoms. The predicted molar refractivity (Wildman–Crippen MR) is 103 cm³/mol. The average Bonchev–Trinajstić information content (AvgIpc) is 3.29. The van der Waals surface area contributed by atoms with Gasteiger partial charge < -0.3 is 20.3 Å².